The van der Waals surface area contributed by atoms with Crippen LogP contribution in [0.3, 0.4) is 0 Å². The van der Waals surface area contributed by atoms with Crippen molar-refractivity contribution in [2.75, 3.05) is 29.6 Å². The molecule has 4 rings (SSSR count). The molecule has 36 heavy (non-hydrogen) atoms. The topological polar surface area (TPSA) is 110 Å². The number of imide groups is 1. The highest BCUT2D eigenvalue weighted by atomic mass is 16.5. The predicted molar refractivity (Wildman–Crippen MR) is 130 cm³/mol. The number of hydrogen-bond donors (Lipinski definition) is 0. The number of anilines is 2. The van der Waals surface area contributed by atoms with Crippen molar-refractivity contribution in [1.82, 2.24) is 0 Å². The van der Waals surface area contributed by atoms with Crippen LogP contribution in [-0.2, 0) is 19.1 Å². The summed E-state index contributed by atoms with van der Waals surface area (Å²) < 4.78 is 10.1. The van der Waals surface area contributed by atoms with E-state index in [2.05, 4.69) is 0 Å². The summed E-state index contributed by atoms with van der Waals surface area (Å²) in [6.45, 7) is 0.895. The van der Waals surface area contributed by atoms with E-state index < -0.39 is 36.3 Å². The van der Waals surface area contributed by atoms with Gasteiger partial charge in [0.05, 0.1) is 29.0 Å². The van der Waals surface area contributed by atoms with Crippen molar-refractivity contribution >= 4 is 41.0 Å². The minimum Gasteiger partial charge on any atom is -0.465 e. The number of hydrogen-bond acceptors (Lipinski definition) is 7. The van der Waals surface area contributed by atoms with E-state index in [0.717, 1.165) is 4.90 Å². The highest BCUT2D eigenvalue weighted by molar-refractivity contribution is 6.34. The van der Waals surface area contributed by atoms with Crippen LogP contribution in [0.1, 0.15) is 38.0 Å². The Kier molecular flexibility index (Phi) is 7.20. The van der Waals surface area contributed by atoms with E-state index in [9.17, 15) is 24.0 Å². The van der Waals surface area contributed by atoms with Crippen molar-refractivity contribution in [3.8, 4) is 0 Å². The Labute approximate surface area is 206 Å². The lowest BCUT2D eigenvalue weighted by atomic mass is 10.1. The molecular weight excluding hydrogens is 464 g/mol. The van der Waals surface area contributed by atoms with E-state index in [-0.39, 0.29) is 18.7 Å². The number of ether oxygens (including phenoxy) is 2. The average molecular weight is 486 g/mol. The van der Waals surface area contributed by atoms with Gasteiger partial charge in [-0.1, -0.05) is 30.3 Å². The van der Waals surface area contributed by atoms with E-state index in [4.69, 9.17) is 9.47 Å². The van der Waals surface area contributed by atoms with Crippen LogP contribution in [0.25, 0.3) is 0 Å². The van der Waals surface area contributed by atoms with Crippen molar-refractivity contribution in [2.45, 2.75) is 6.92 Å². The Morgan fingerprint density at radius 3 is 1.94 bits per heavy atom. The minimum atomic E-state index is -0.776. The Balaban J connectivity index is 1.42. The van der Waals surface area contributed by atoms with Crippen LogP contribution in [-0.4, -0.2) is 49.4 Å². The summed E-state index contributed by atoms with van der Waals surface area (Å²) in [4.78, 5) is 64.8. The fourth-order valence-electron chi connectivity index (χ4n) is 3.73. The van der Waals surface area contributed by atoms with Gasteiger partial charge < -0.3 is 9.47 Å². The van der Waals surface area contributed by atoms with Gasteiger partial charge in [0.1, 0.15) is 6.54 Å². The molecule has 0 spiro atoms. The largest absolute Gasteiger partial charge is 0.465 e. The van der Waals surface area contributed by atoms with Gasteiger partial charge in [-0.3, -0.25) is 24.1 Å². The lowest BCUT2D eigenvalue weighted by Gasteiger charge is -2.21. The van der Waals surface area contributed by atoms with Crippen LogP contribution in [0, 0.1) is 0 Å². The van der Waals surface area contributed by atoms with Crippen molar-refractivity contribution in [3.05, 3.63) is 95.6 Å². The first kappa shape index (κ1) is 24.3. The number of carbonyl (C=O) groups excluding carboxylic acids is 5. The van der Waals surface area contributed by atoms with E-state index in [0.29, 0.717) is 22.5 Å². The Bertz CT molecular complexity index is 1280. The number of amides is 3. The number of benzene rings is 3. The molecule has 0 saturated carbocycles. The van der Waals surface area contributed by atoms with Crippen LogP contribution in [0.4, 0.5) is 11.4 Å². The lowest BCUT2D eigenvalue weighted by molar-refractivity contribution is -0.142. The standard InChI is InChI=1S/C27H22N2O7/c1-2-35-24(31)16-28(19-8-4-3-5-9-19)23(30)17-36-27(34)18-12-14-20(15-13-18)29-25(32)21-10-6-7-11-22(21)26(29)33/h3-15H,2,16-17H2,1H3. The molecule has 1 heterocycles. The first-order valence-corrected chi connectivity index (χ1v) is 11.2. The first-order valence-electron chi connectivity index (χ1n) is 11.2. The molecule has 0 bridgehead atoms. The van der Waals surface area contributed by atoms with E-state index in [1.807, 2.05) is 0 Å². The summed E-state index contributed by atoms with van der Waals surface area (Å²) in [6, 6.07) is 20.7. The molecule has 0 fully saturated rings. The smallest absolute Gasteiger partial charge is 0.338 e. The molecule has 3 aromatic rings. The third kappa shape index (κ3) is 5.00. The van der Waals surface area contributed by atoms with Crippen LogP contribution < -0.4 is 9.80 Å². The van der Waals surface area contributed by atoms with Gasteiger partial charge in [0.25, 0.3) is 17.7 Å². The molecule has 0 aromatic heterocycles. The van der Waals surface area contributed by atoms with Gasteiger partial charge in [0, 0.05) is 5.69 Å². The zero-order valence-corrected chi connectivity index (χ0v) is 19.4. The molecule has 9 heteroatoms. The molecule has 0 saturated heterocycles. The van der Waals surface area contributed by atoms with Crippen molar-refractivity contribution in [3.63, 3.8) is 0 Å². The highest BCUT2D eigenvalue weighted by Crippen LogP contribution is 2.28. The van der Waals surface area contributed by atoms with E-state index >= 15 is 0 Å². The fraction of sp³-hybridized carbons (Fsp3) is 0.148. The van der Waals surface area contributed by atoms with E-state index in [1.54, 1.807) is 61.5 Å². The average Bonchev–Trinajstić information content (AvgIpc) is 3.16. The normalized spacial score (nSPS) is 12.2. The maximum Gasteiger partial charge on any atom is 0.338 e. The van der Waals surface area contributed by atoms with Crippen LogP contribution in [0.5, 0.6) is 0 Å². The Hall–Kier alpha value is -4.79. The summed E-state index contributed by atoms with van der Waals surface area (Å²) in [5, 5.41) is 0. The van der Waals surface area contributed by atoms with Crippen molar-refractivity contribution in [1.29, 1.82) is 0 Å². The summed E-state index contributed by atoms with van der Waals surface area (Å²) in [5.41, 5.74) is 1.51. The number of nitrogens with zero attached hydrogens (tertiary/aromatic N) is 2. The van der Waals surface area contributed by atoms with Gasteiger partial charge in [-0.2, -0.15) is 0 Å². The van der Waals surface area contributed by atoms with Crippen LogP contribution in [0.15, 0.2) is 78.9 Å². The number of fused-ring (bicyclic) bond motifs is 1. The summed E-state index contributed by atoms with van der Waals surface area (Å²) >= 11 is 0. The zero-order chi connectivity index (χ0) is 25.7. The molecule has 0 N–H and O–H groups in total. The van der Waals surface area contributed by atoms with E-state index in [1.165, 1.54) is 29.2 Å². The minimum absolute atomic E-state index is 0.125. The predicted octanol–water partition coefficient (Wildman–Crippen LogP) is 3.24. The van der Waals surface area contributed by atoms with Gasteiger partial charge in [-0.05, 0) is 55.5 Å². The zero-order valence-electron chi connectivity index (χ0n) is 19.4. The molecule has 0 radical (unpaired) electrons. The maximum atomic E-state index is 12.8. The second-order valence-electron chi connectivity index (χ2n) is 7.73. The quantitative estimate of drug-likeness (QED) is 0.355. The molecule has 1 aliphatic heterocycles. The third-order valence-electron chi connectivity index (χ3n) is 5.44. The molecule has 0 unspecified atom stereocenters. The Morgan fingerprint density at radius 1 is 0.778 bits per heavy atom. The molecule has 182 valence electrons. The molecular formula is C27H22N2O7. The number of rotatable bonds is 8. The number of esters is 2. The summed E-state index contributed by atoms with van der Waals surface area (Å²) in [5.74, 6) is -2.87. The van der Waals surface area contributed by atoms with Crippen LogP contribution in [0.2, 0.25) is 0 Å². The summed E-state index contributed by atoms with van der Waals surface area (Å²) in [7, 11) is 0. The Morgan fingerprint density at radius 2 is 1.36 bits per heavy atom. The molecule has 0 aliphatic carbocycles. The second-order valence-corrected chi connectivity index (χ2v) is 7.73. The number of para-hydroxylation sites is 1. The monoisotopic (exact) mass is 486 g/mol. The van der Waals surface area contributed by atoms with Gasteiger partial charge >= 0.3 is 11.9 Å². The van der Waals surface area contributed by atoms with Gasteiger partial charge in [0.15, 0.2) is 6.61 Å². The molecule has 9 nitrogen and oxygen atoms in total. The van der Waals surface area contributed by atoms with Gasteiger partial charge in [-0.15, -0.1) is 0 Å². The lowest BCUT2D eigenvalue weighted by Crippen LogP contribution is -2.39. The molecule has 3 aromatic carbocycles. The van der Waals surface area contributed by atoms with Gasteiger partial charge in [0.2, 0.25) is 0 Å². The molecule has 3 amide bonds. The third-order valence-corrected chi connectivity index (χ3v) is 5.44. The summed E-state index contributed by atoms with van der Waals surface area (Å²) in [6.07, 6.45) is 0. The fourth-order valence-corrected chi connectivity index (χ4v) is 3.73. The van der Waals surface area contributed by atoms with Gasteiger partial charge in [-0.25, -0.2) is 9.69 Å². The highest BCUT2D eigenvalue weighted by Gasteiger charge is 2.36. The second kappa shape index (κ2) is 10.6. The molecule has 1 aliphatic rings. The SMILES string of the molecule is CCOC(=O)CN(C(=O)COC(=O)c1ccc(N2C(=O)c3ccccc3C2=O)cc1)c1ccccc1. The molecule has 0 atom stereocenters. The van der Waals surface area contributed by atoms with Crippen molar-refractivity contribution in [2.24, 2.45) is 0 Å². The number of carbonyl (C=O) groups is 5. The maximum absolute atomic E-state index is 12.8. The van der Waals surface area contributed by atoms with Crippen molar-refractivity contribution < 1.29 is 33.4 Å². The first-order chi connectivity index (χ1) is 17.4. The van der Waals surface area contributed by atoms with Crippen LogP contribution >= 0.6 is 0 Å².